The normalized spacial score (nSPS) is 13.2. The van der Waals surface area contributed by atoms with E-state index in [9.17, 15) is 19.8 Å². The lowest BCUT2D eigenvalue weighted by molar-refractivity contribution is -0.151. The Hall–Kier alpha value is -1.40. The fraction of sp³-hybridized carbons (Fsp3) is 0.926. The minimum atomic E-state index is -0.783. The van der Waals surface area contributed by atoms with E-state index in [-0.39, 0.29) is 24.9 Å². The quantitative estimate of drug-likeness (QED) is 0.0322. The van der Waals surface area contributed by atoms with Crippen LogP contribution in [0.15, 0.2) is 12.2 Å². The number of aliphatic hydroxyl groups is 2. The lowest BCUT2D eigenvalue weighted by atomic mass is 10.0. The first-order valence-electron chi connectivity index (χ1n) is 26.9. The first-order chi connectivity index (χ1) is 29.5. The van der Waals surface area contributed by atoms with Crippen LogP contribution in [-0.2, 0) is 14.3 Å². The molecule has 0 aliphatic heterocycles. The fourth-order valence-corrected chi connectivity index (χ4v) is 8.49. The highest BCUT2D eigenvalue weighted by molar-refractivity contribution is 5.77. The minimum absolute atomic E-state index is 0.0815. The summed E-state index contributed by atoms with van der Waals surface area (Å²) in [4.78, 5) is 26.1. The Bertz CT molecular complexity index is 909. The van der Waals surface area contributed by atoms with Crippen molar-refractivity contribution in [1.29, 1.82) is 0 Å². The van der Waals surface area contributed by atoms with Crippen LogP contribution in [-0.4, -0.2) is 46.9 Å². The molecule has 0 aromatic heterocycles. The Morgan fingerprint density at radius 1 is 0.467 bits per heavy atom. The van der Waals surface area contributed by atoms with Gasteiger partial charge >= 0.3 is 5.97 Å². The van der Waals surface area contributed by atoms with E-state index in [1.165, 1.54) is 193 Å². The van der Waals surface area contributed by atoms with E-state index in [4.69, 9.17) is 4.74 Å². The van der Waals surface area contributed by atoms with Crippen molar-refractivity contribution >= 4 is 11.9 Å². The third kappa shape index (κ3) is 43.3. The average molecular weight is 848 g/mol. The number of hydrogen-bond donors (Lipinski definition) is 3. The lowest BCUT2D eigenvalue weighted by Crippen LogP contribution is -2.46. The van der Waals surface area contributed by atoms with Crippen molar-refractivity contribution in [3.05, 3.63) is 12.2 Å². The summed E-state index contributed by atoms with van der Waals surface area (Å²) >= 11 is 0. The van der Waals surface area contributed by atoms with Gasteiger partial charge in [-0.3, -0.25) is 9.59 Å². The molecule has 0 spiro atoms. The molecule has 60 heavy (non-hydrogen) atoms. The van der Waals surface area contributed by atoms with Crippen molar-refractivity contribution in [3.8, 4) is 0 Å². The van der Waals surface area contributed by atoms with Crippen molar-refractivity contribution in [1.82, 2.24) is 5.32 Å². The maximum atomic E-state index is 13.2. The summed E-state index contributed by atoms with van der Waals surface area (Å²) in [5.41, 5.74) is 0. The molecule has 6 nitrogen and oxygen atoms in total. The largest absolute Gasteiger partial charge is 0.462 e. The van der Waals surface area contributed by atoms with Gasteiger partial charge in [-0.05, 0) is 44.9 Å². The number of unbranched alkanes of at least 4 members (excludes halogenated alkanes) is 35. The van der Waals surface area contributed by atoms with Gasteiger partial charge in [0.05, 0.1) is 25.2 Å². The zero-order chi connectivity index (χ0) is 43.8. The van der Waals surface area contributed by atoms with Crippen LogP contribution < -0.4 is 5.32 Å². The Balaban J connectivity index is 4.46. The van der Waals surface area contributed by atoms with E-state index in [1.807, 2.05) is 0 Å². The molecule has 0 aromatic rings. The standard InChI is InChI=1S/C54H105NO5/c1-4-7-10-13-16-19-22-24-26-28-30-32-34-37-40-43-46-52(57)51(49-56)55-53(58)48-50(60-54(59)47-44-41-38-35-21-18-15-12-9-6-3)45-42-39-36-33-31-29-27-25-23-20-17-14-11-8-5-2/h12,15,50-52,56-57H,4-11,13-14,16-49H2,1-3H3,(H,55,58)/b15-12-. The van der Waals surface area contributed by atoms with Crippen LogP contribution in [0.25, 0.3) is 0 Å². The van der Waals surface area contributed by atoms with Gasteiger partial charge in [-0.25, -0.2) is 0 Å². The van der Waals surface area contributed by atoms with Gasteiger partial charge in [-0.2, -0.15) is 0 Å². The van der Waals surface area contributed by atoms with E-state index in [2.05, 4.69) is 38.2 Å². The van der Waals surface area contributed by atoms with Crippen LogP contribution in [0, 0.1) is 0 Å². The van der Waals surface area contributed by atoms with E-state index in [1.54, 1.807) is 0 Å². The average Bonchev–Trinajstić information content (AvgIpc) is 3.24. The number of ether oxygens (including phenoxy) is 1. The molecule has 0 radical (unpaired) electrons. The first-order valence-corrected chi connectivity index (χ1v) is 26.9. The summed E-state index contributed by atoms with van der Waals surface area (Å²) < 4.78 is 5.93. The van der Waals surface area contributed by atoms with Crippen LogP contribution in [0.1, 0.15) is 297 Å². The van der Waals surface area contributed by atoms with Crippen LogP contribution >= 0.6 is 0 Å². The fourth-order valence-electron chi connectivity index (χ4n) is 8.49. The number of allylic oxidation sites excluding steroid dienone is 2. The van der Waals surface area contributed by atoms with Crippen LogP contribution in [0.5, 0.6) is 0 Å². The highest BCUT2D eigenvalue weighted by Crippen LogP contribution is 2.19. The van der Waals surface area contributed by atoms with Crippen molar-refractivity contribution in [2.24, 2.45) is 0 Å². The van der Waals surface area contributed by atoms with Gasteiger partial charge in [0, 0.05) is 6.42 Å². The molecule has 0 saturated carbocycles. The first kappa shape index (κ1) is 58.6. The maximum Gasteiger partial charge on any atom is 0.306 e. The van der Waals surface area contributed by atoms with Crippen LogP contribution in [0.3, 0.4) is 0 Å². The number of carbonyl (C=O) groups excluding carboxylic acids is 2. The molecule has 0 fully saturated rings. The second-order valence-corrected chi connectivity index (χ2v) is 18.6. The lowest BCUT2D eigenvalue weighted by Gasteiger charge is -2.24. The Kier molecular flexibility index (Phi) is 47.5. The number of aliphatic hydroxyl groups excluding tert-OH is 2. The summed E-state index contributed by atoms with van der Waals surface area (Å²) in [6, 6.07) is -0.696. The van der Waals surface area contributed by atoms with Gasteiger partial charge in [0.1, 0.15) is 6.10 Å². The van der Waals surface area contributed by atoms with Gasteiger partial charge in [0.25, 0.3) is 0 Å². The van der Waals surface area contributed by atoms with Gasteiger partial charge in [-0.15, -0.1) is 0 Å². The van der Waals surface area contributed by atoms with Crippen molar-refractivity contribution in [3.63, 3.8) is 0 Å². The van der Waals surface area contributed by atoms with E-state index < -0.39 is 18.2 Å². The second-order valence-electron chi connectivity index (χ2n) is 18.6. The molecular formula is C54H105NO5. The number of esters is 1. The molecule has 3 unspecified atom stereocenters. The van der Waals surface area contributed by atoms with Gasteiger partial charge in [0.2, 0.25) is 5.91 Å². The van der Waals surface area contributed by atoms with Gasteiger partial charge in [-0.1, -0.05) is 251 Å². The van der Waals surface area contributed by atoms with E-state index in [0.717, 1.165) is 57.8 Å². The zero-order valence-corrected chi connectivity index (χ0v) is 40.6. The van der Waals surface area contributed by atoms with Gasteiger partial charge < -0.3 is 20.3 Å². The molecule has 1 amide bonds. The topological polar surface area (TPSA) is 95.9 Å². The molecule has 0 aliphatic rings. The Morgan fingerprint density at radius 3 is 1.25 bits per heavy atom. The molecule has 0 bridgehead atoms. The number of hydrogen-bond acceptors (Lipinski definition) is 5. The summed E-state index contributed by atoms with van der Waals surface area (Å²) in [7, 11) is 0. The Morgan fingerprint density at radius 2 is 0.833 bits per heavy atom. The predicted octanol–water partition coefficient (Wildman–Crippen LogP) is 16.1. The molecular weight excluding hydrogens is 743 g/mol. The highest BCUT2D eigenvalue weighted by Gasteiger charge is 2.24. The van der Waals surface area contributed by atoms with Crippen molar-refractivity contribution < 1.29 is 24.5 Å². The molecule has 6 heteroatoms. The summed E-state index contributed by atoms with van der Waals surface area (Å²) in [5.74, 6) is -0.467. The number of carbonyl (C=O) groups is 2. The molecule has 0 heterocycles. The van der Waals surface area contributed by atoms with Crippen LogP contribution in [0.4, 0.5) is 0 Å². The second kappa shape index (κ2) is 48.6. The third-order valence-corrected chi connectivity index (χ3v) is 12.6. The molecule has 3 N–H and O–H groups in total. The molecule has 356 valence electrons. The SMILES string of the molecule is CCC/C=C\CCCCCCCC(=O)OC(CCCCCCCCCCCCCCCCC)CC(=O)NC(CO)C(O)CCCCCCCCCCCCCCCCCC. The molecule has 0 aliphatic carbocycles. The summed E-state index contributed by atoms with van der Waals surface area (Å²) in [6.07, 6.45) is 54.2. The number of rotatable bonds is 49. The molecule has 0 rings (SSSR count). The zero-order valence-electron chi connectivity index (χ0n) is 40.6. The van der Waals surface area contributed by atoms with E-state index >= 15 is 0 Å². The number of amides is 1. The predicted molar refractivity (Wildman–Crippen MR) is 260 cm³/mol. The van der Waals surface area contributed by atoms with Crippen LogP contribution in [0.2, 0.25) is 0 Å². The molecule has 0 saturated heterocycles. The summed E-state index contributed by atoms with van der Waals surface area (Å²) in [5, 5.41) is 23.8. The summed E-state index contributed by atoms with van der Waals surface area (Å²) in [6.45, 7) is 6.46. The van der Waals surface area contributed by atoms with Crippen molar-refractivity contribution in [2.45, 2.75) is 315 Å². The third-order valence-electron chi connectivity index (χ3n) is 12.6. The molecule has 3 atom stereocenters. The smallest absolute Gasteiger partial charge is 0.306 e. The highest BCUT2D eigenvalue weighted by atomic mass is 16.5. The minimum Gasteiger partial charge on any atom is -0.462 e. The Labute approximate surface area is 374 Å². The maximum absolute atomic E-state index is 13.2. The monoisotopic (exact) mass is 848 g/mol. The number of nitrogens with one attached hydrogen (secondary N) is 1. The van der Waals surface area contributed by atoms with E-state index in [0.29, 0.717) is 19.3 Å². The molecule has 0 aromatic carbocycles. The van der Waals surface area contributed by atoms with Gasteiger partial charge in [0.15, 0.2) is 0 Å². The van der Waals surface area contributed by atoms with Crippen molar-refractivity contribution in [2.75, 3.05) is 6.61 Å².